The minimum absolute atomic E-state index is 0.00736. The van der Waals surface area contributed by atoms with E-state index in [9.17, 15) is 19.2 Å². The maximum atomic E-state index is 12.7. The highest BCUT2D eigenvalue weighted by molar-refractivity contribution is 5.82. The van der Waals surface area contributed by atoms with E-state index in [-0.39, 0.29) is 59.5 Å². The maximum absolute atomic E-state index is 12.7. The molecule has 1 aliphatic carbocycles. The van der Waals surface area contributed by atoms with E-state index < -0.39 is 0 Å². The van der Waals surface area contributed by atoms with E-state index in [1.54, 1.807) is 19.1 Å². The van der Waals surface area contributed by atoms with Gasteiger partial charge in [-0.15, -0.1) is 0 Å². The Morgan fingerprint density at radius 2 is 1.66 bits per heavy atom. The Morgan fingerprint density at radius 1 is 1.00 bits per heavy atom. The highest BCUT2D eigenvalue weighted by Gasteiger charge is 2.37. The van der Waals surface area contributed by atoms with E-state index in [1.165, 1.54) is 12.8 Å². The molecule has 0 aromatic carbocycles. The van der Waals surface area contributed by atoms with Gasteiger partial charge in [0.2, 0.25) is 18.2 Å². The Morgan fingerprint density at radius 3 is 2.11 bits per heavy atom. The maximum Gasteiger partial charge on any atom is 0.240 e. The summed E-state index contributed by atoms with van der Waals surface area (Å²) in [5, 5.41) is 9.32. The van der Waals surface area contributed by atoms with Crippen LogP contribution in [0.4, 0.5) is 0 Å². The second-order valence-electron chi connectivity index (χ2n) is 15.4. The summed E-state index contributed by atoms with van der Waals surface area (Å²) in [4.78, 5) is 50.4. The van der Waals surface area contributed by atoms with Crippen molar-refractivity contribution in [1.82, 2.24) is 25.8 Å². The van der Waals surface area contributed by atoms with E-state index in [0.717, 1.165) is 64.3 Å². The van der Waals surface area contributed by atoms with Crippen molar-refractivity contribution in [2.45, 2.75) is 136 Å². The van der Waals surface area contributed by atoms with Crippen molar-refractivity contribution < 1.29 is 28.7 Å². The lowest BCUT2D eigenvalue weighted by Gasteiger charge is -2.39. The van der Waals surface area contributed by atoms with E-state index in [1.807, 2.05) is 57.1 Å². The number of likely N-dealkylation sites (tertiary alicyclic amines) is 1. The predicted octanol–water partition coefficient (Wildman–Crippen LogP) is 5.31. The number of nitrogens with one attached hydrogen (secondary N) is 3. The highest BCUT2D eigenvalue weighted by Crippen LogP contribution is 2.25. The van der Waals surface area contributed by atoms with Gasteiger partial charge in [-0.25, -0.2) is 0 Å². The zero-order valence-electron chi connectivity index (χ0n) is 34.9. The van der Waals surface area contributed by atoms with Crippen LogP contribution in [-0.4, -0.2) is 118 Å². The molecule has 0 bridgehead atoms. The van der Waals surface area contributed by atoms with Crippen LogP contribution in [0.5, 0.6) is 0 Å². The molecule has 8 atom stereocenters. The average Bonchev–Trinajstić information content (AvgIpc) is 3.48. The molecule has 11 nitrogen and oxygen atoms in total. The number of hydrogen-bond acceptors (Lipinski definition) is 8. The lowest BCUT2D eigenvalue weighted by molar-refractivity contribution is -0.140. The quantitative estimate of drug-likeness (QED) is 0.161. The van der Waals surface area contributed by atoms with Crippen LogP contribution in [0.2, 0.25) is 0 Å². The molecule has 304 valence electrons. The van der Waals surface area contributed by atoms with Crippen molar-refractivity contribution in [3.63, 3.8) is 0 Å². The molecule has 2 saturated heterocycles. The Labute approximate surface area is 322 Å². The molecule has 3 rings (SSSR count). The first-order valence-electron chi connectivity index (χ1n) is 20.0. The molecule has 3 amide bonds. The Bertz CT molecular complexity index is 1130. The van der Waals surface area contributed by atoms with Crippen LogP contribution in [0.1, 0.15) is 99.8 Å². The molecule has 2 heterocycles. The number of nitrogens with zero attached hydrogens (tertiary/aromatic N) is 2. The molecule has 2 aliphatic heterocycles. The summed E-state index contributed by atoms with van der Waals surface area (Å²) < 4.78 is 11.2. The molecular weight excluding hydrogens is 670 g/mol. The van der Waals surface area contributed by atoms with Gasteiger partial charge in [-0.2, -0.15) is 0 Å². The van der Waals surface area contributed by atoms with Crippen molar-refractivity contribution in [3.05, 3.63) is 36.5 Å². The second kappa shape index (κ2) is 26.0. The first-order valence-corrected chi connectivity index (χ1v) is 20.0. The second-order valence-corrected chi connectivity index (χ2v) is 15.4. The summed E-state index contributed by atoms with van der Waals surface area (Å²) >= 11 is 0. The number of aldehydes is 1. The zero-order chi connectivity index (χ0) is 40.0. The fraction of sp³-hybridized carbons (Fsp3) is 0.762. The van der Waals surface area contributed by atoms with Gasteiger partial charge >= 0.3 is 0 Å². The molecule has 2 fully saturated rings. The first kappa shape index (κ1) is 48.2. The van der Waals surface area contributed by atoms with Gasteiger partial charge in [-0.3, -0.25) is 14.4 Å². The number of rotatable bonds is 18. The zero-order valence-corrected chi connectivity index (χ0v) is 34.9. The van der Waals surface area contributed by atoms with Crippen molar-refractivity contribution in [2.24, 2.45) is 23.7 Å². The number of hydrogen-bond donors (Lipinski definition) is 3. The van der Waals surface area contributed by atoms with Crippen LogP contribution < -0.4 is 16.0 Å². The van der Waals surface area contributed by atoms with Gasteiger partial charge in [0.1, 0.15) is 6.29 Å². The van der Waals surface area contributed by atoms with Crippen LogP contribution in [0.25, 0.3) is 0 Å². The Hall–Kier alpha value is -2.86. The average molecular weight is 746 g/mol. The third-order valence-electron chi connectivity index (χ3n) is 11.1. The van der Waals surface area contributed by atoms with Crippen LogP contribution >= 0.6 is 0 Å². The summed E-state index contributed by atoms with van der Waals surface area (Å²) in [7, 11) is 7.11. The van der Waals surface area contributed by atoms with Crippen LogP contribution in [0.15, 0.2) is 36.5 Å². The van der Waals surface area contributed by atoms with Gasteiger partial charge in [-0.1, -0.05) is 84.4 Å². The molecule has 11 heteroatoms. The van der Waals surface area contributed by atoms with Crippen molar-refractivity contribution in [3.8, 4) is 0 Å². The summed E-state index contributed by atoms with van der Waals surface area (Å²) in [6, 6.07) is -0.0231. The van der Waals surface area contributed by atoms with E-state index in [0.29, 0.717) is 18.4 Å². The standard InChI is InChI=1S/C19H28N2O3.C16H34N2O2.C7H13NO/c1-15(18(24-2)17-10-7-13-21(17)14-22)19(23)20-12-11-16-8-5-3-4-6-9-16;1-9-12(5)15(13(10-2)20-8)18(7)16(19)14(17-6)11(3)4;1-7(6-9)4-2-3-5-8-7/h3-6,8-9,14-18H,7,10-13H2,1-2H3,(H,20,23);11-15,17H,9-10H2,1-8H3;6,8H,2-5H2,1H3. The molecule has 0 aromatic rings. The molecule has 0 aromatic heterocycles. The summed E-state index contributed by atoms with van der Waals surface area (Å²) in [5.41, 5.74) is -0.210. The van der Waals surface area contributed by atoms with Crippen LogP contribution in [0.3, 0.4) is 0 Å². The summed E-state index contributed by atoms with van der Waals surface area (Å²) in [6.45, 7) is 16.8. The van der Waals surface area contributed by atoms with Gasteiger partial charge < -0.3 is 40.0 Å². The molecule has 3 aliphatic rings. The molecule has 0 spiro atoms. The molecular formula is C42H75N5O6. The normalized spacial score (nSPS) is 23.2. The van der Waals surface area contributed by atoms with E-state index >= 15 is 0 Å². The summed E-state index contributed by atoms with van der Waals surface area (Å²) in [5.74, 6) is 0.882. The number of amides is 3. The monoisotopic (exact) mass is 746 g/mol. The number of likely N-dealkylation sites (N-methyl/N-ethyl adjacent to an activating group) is 2. The fourth-order valence-corrected chi connectivity index (χ4v) is 7.54. The fourth-order valence-electron chi connectivity index (χ4n) is 7.54. The molecule has 53 heavy (non-hydrogen) atoms. The predicted molar refractivity (Wildman–Crippen MR) is 215 cm³/mol. The van der Waals surface area contributed by atoms with E-state index in [2.05, 4.69) is 62.7 Å². The van der Waals surface area contributed by atoms with Crippen molar-refractivity contribution in [2.75, 3.05) is 47.9 Å². The number of methoxy groups -OCH3 is 2. The molecule has 8 unspecified atom stereocenters. The minimum Gasteiger partial charge on any atom is -0.379 e. The highest BCUT2D eigenvalue weighted by atomic mass is 16.5. The third kappa shape index (κ3) is 15.8. The van der Waals surface area contributed by atoms with Gasteiger partial charge in [0.25, 0.3) is 0 Å². The van der Waals surface area contributed by atoms with Gasteiger partial charge in [0, 0.05) is 34.4 Å². The lowest BCUT2D eigenvalue weighted by atomic mass is 9.90. The molecule has 3 N–H and O–H groups in total. The lowest BCUT2D eigenvalue weighted by Crippen LogP contribution is -2.55. The largest absolute Gasteiger partial charge is 0.379 e. The van der Waals surface area contributed by atoms with Gasteiger partial charge in [-0.05, 0) is 83.2 Å². The number of piperidine rings is 1. The Kier molecular flexibility index (Phi) is 23.7. The number of ether oxygens (including phenoxy) is 2. The van der Waals surface area contributed by atoms with Gasteiger partial charge in [0.15, 0.2) is 0 Å². The van der Waals surface area contributed by atoms with Crippen LogP contribution in [-0.2, 0) is 28.7 Å². The van der Waals surface area contributed by atoms with Gasteiger partial charge in [0.05, 0.1) is 41.8 Å². The number of allylic oxidation sites excluding steroid dienone is 6. The molecule has 0 saturated carbocycles. The molecule has 0 radical (unpaired) electrons. The Balaban J connectivity index is 0.000000435. The van der Waals surface area contributed by atoms with Crippen molar-refractivity contribution in [1.29, 1.82) is 0 Å². The number of carbonyl (C=O) groups is 4. The van der Waals surface area contributed by atoms with Crippen LogP contribution in [0, 0.1) is 23.7 Å². The summed E-state index contributed by atoms with van der Waals surface area (Å²) in [6.07, 6.45) is 22.1. The minimum atomic E-state index is -0.289. The van der Waals surface area contributed by atoms with Crippen molar-refractivity contribution >= 4 is 24.5 Å². The SMILES string of the molecule is CC1(C=O)CCCCN1.CCC(C)C(C(CC)OC)N(C)C(=O)C(NC)C(C)C.COC(C(C)C(=O)NCCC1C=CC=CC=C1)C1CCCN1C=O. The smallest absolute Gasteiger partial charge is 0.240 e. The third-order valence-corrected chi connectivity index (χ3v) is 11.1. The topological polar surface area (TPSA) is 129 Å². The number of carbonyl (C=O) groups excluding carboxylic acids is 4. The van der Waals surface area contributed by atoms with E-state index in [4.69, 9.17) is 9.47 Å². The first-order chi connectivity index (χ1) is 25.3.